The Bertz CT molecular complexity index is 1820. The van der Waals surface area contributed by atoms with Gasteiger partial charge >= 0.3 is 16.3 Å². The predicted molar refractivity (Wildman–Crippen MR) is 166 cm³/mol. The number of aryl methyl sites for hydroxylation is 3. The molecule has 12 nitrogen and oxygen atoms in total. The van der Waals surface area contributed by atoms with Gasteiger partial charge in [-0.15, -0.1) is 5.10 Å². The second-order valence-electron chi connectivity index (χ2n) is 11.3. The molecule has 0 saturated carbocycles. The minimum atomic E-state index is -4.09. The van der Waals surface area contributed by atoms with Gasteiger partial charge in [-0.3, -0.25) is 4.79 Å². The highest BCUT2D eigenvalue weighted by Gasteiger charge is 2.33. The van der Waals surface area contributed by atoms with Crippen molar-refractivity contribution < 1.29 is 37.1 Å². The smallest absolute Gasteiger partial charge is 0.385 e. The summed E-state index contributed by atoms with van der Waals surface area (Å²) in [7, 11) is -0.954. The lowest BCUT2D eigenvalue weighted by Gasteiger charge is -2.28. The van der Waals surface area contributed by atoms with Crippen molar-refractivity contribution in [2.75, 3.05) is 20.3 Å². The van der Waals surface area contributed by atoms with Crippen LogP contribution in [0.4, 0.5) is 0 Å². The number of hydrogen-bond acceptors (Lipinski definition) is 10. The molecule has 0 radical (unpaired) electrons. The molecule has 5 rings (SSSR count). The molecule has 2 heterocycles. The first-order valence-electron chi connectivity index (χ1n) is 14.8. The quantitative estimate of drug-likeness (QED) is 0.171. The highest BCUT2D eigenvalue weighted by atomic mass is 32.2. The van der Waals surface area contributed by atoms with Crippen LogP contribution >= 0.6 is 0 Å². The molecule has 1 aliphatic rings. The van der Waals surface area contributed by atoms with E-state index in [2.05, 4.69) is 10.3 Å². The summed E-state index contributed by atoms with van der Waals surface area (Å²) in [6, 6.07) is 12.0. The van der Waals surface area contributed by atoms with Crippen molar-refractivity contribution >= 4 is 27.3 Å². The standard InChI is InChI=1S/C32H38N4O8S/c1-20-8-9-22(14-23(20)18-36-19-24-15-25(38)10-11-28(24)44-45(36,40)41)27(17-30(39)42-4)26-16-29(43-13-7-5-6-12-37)32-31(21(26)2)33-34-35(32)3/h8-11,14-16,27,37-38H,5-7,12-13,17-19H2,1-4H3. The second kappa shape index (κ2) is 13.4. The Morgan fingerprint density at radius 1 is 1.11 bits per heavy atom. The van der Waals surface area contributed by atoms with Crippen LogP contribution in [0.25, 0.3) is 11.0 Å². The van der Waals surface area contributed by atoms with Crippen LogP contribution in [-0.4, -0.2) is 64.2 Å². The molecule has 13 heteroatoms. The molecule has 1 unspecified atom stereocenters. The van der Waals surface area contributed by atoms with E-state index in [1.165, 1.54) is 29.6 Å². The maximum absolute atomic E-state index is 13.1. The summed E-state index contributed by atoms with van der Waals surface area (Å²) in [6.45, 7) is 4.44. The van der Waals surface area contributed by atoms with Crippen LogP contribution in [0.3, 0.4) is 0 Å². The zero-order valence-corrected chi connectivity index (χ0v) is 26.6. The van der Waals surface area contributed by atoms with Gasteiger partial charge in [-0.05, 0) is 85.2 Å². The third kappa shape index (κ3) is 6.90. The lowest BCUT2D eigenvalue weighted by molar-refractivity contribution is -0.140. The molecule has 4 aromatic rings. The van der Waals surface area contributed by atoms with Crippen molar-refractivity contribution in [2.24, 2.45) is 7.05 Å². The van der Waals surface area contributed by atoms with Crippen molar-refractivity contribution in [3.8, 4) is 17.2 Å². The number of ether oxygens (including phenoxy) is 2. The number of rotatable bonds is 12. The number of aromatic hydroxyl groups is 1. The Morgan fingerprint density at radius 3 is 2.67 bits per heavy atom. The van der Waals surface area contributed by atoms with Gasteiger partial charge in [0.15, 0.2) is 0 Å². The molecule has 1 aliphatic heterocycles. The number of methoxy groups -OCH3 is 1. The van der Waals surface area contributed by atoms with Crippen LogP contribution < -0.4 is 8.92 Å². The van der Waals surface area contributed by atoms with Crippen molar-refractivity contribution in [3.05, 3.63) is 75.8 Å². The number of carbonyl (C=O) groups is 1. The number of hydrogen-bond donors (Lipinski definition) is 2. The van der Waals surface area contributed by atoms with Gasteiger partial charge in [0.25, 0.3) is 0 Å². The Labute approximate surface area is 262 Å². The van der Waals surface area contributed by atoms with E-state index < -0.39 is 22.2 Å². The fourth-order valence-electron chi connectivity index (χ4n) is 5.65. The van der Waals surface area contributed by atoms with Gasteiger partial charge in [0.2, 0.25) is 0 Å². The summed E-state index contributed by atoms with van der Waals surface area (Å²) in [5, 5.41) is 27.7. The van der Waals surface area contributed by atoms with Crippen LogP contribution in [0.15, 0.2) is 42.5 Å². The van der Waals surface area contributed by atoms with Crippen molar-refractivity contribution in [1.29, 1.82) is 0 Å². The first-order chi connectivity index (χ1) is 21.5. The molecule has 0 spiro atoms. The number of fused-ring (bicyclic) bond motifs is 2. The zero-order chi connectivity index (χ0) is 32.3. The number of carbonyl (C=O) groups excluding carboxylic acids is 1. The van der Waals surface area contributed by atoms with E-state index in [0.717, 1.165) is 46.2 Å². The summed E-state index contributed by atoms with van der Waals surface area (Å²) in [5.41, 5.74) is 5.98. The number of nitrogens with zero attached hydrogens (tertiary/aromatic N) is 4. The molecule has 0 amide bonds. The first kappa shape index (κ1) is 32.2. The number of unbranched alkanes of at least 4 members (excludes halogenated alkanes) is 2. The van der Waals surface area contributed by atoms with Crippen molar-refractivity contribution in [1.82, 2.24) is 19.3 Å². The normalized spacial score (nSPS) is 15.0. The molecule has 240 valence electrons. The van der Waals surface area contributed by atoms with Crippen LogP contribution in [0.5, 0.6) is 17.2 Å². The number of phenols is 1. The van der Waals surface area contributed by atoms with E-state index in [4.69, 9.17) is 18.8 Å². The number of benzene rings is 3. The summed E-state index contributed by atoms with van der Waals surface area (Å²) in [4.78, 5) is 12.8. The minimum absolute atomic E-state index is 0.0179. The van der Waals surface area contributed by atoms with Gasteiger partial charge in [-0.1, -0.05) is 23.4 Å². The monoisotopic (exact) mass is 638 g/mol. The van der Waals surface area contributed by atoms with Crippen molar-refractivity contribution in [2.45, 2.75) is 58.5 Å². The molecule has 2 N–H and O–H groups in total. The van der Waals surface area contributed by atoms with Crippen molar-refractivity contribution in [3.63, 3.8) is 0 Å². The fourth-order valence-corrected chi connectivity index (χ4v) is 6.74. The van der Waals surface area contributed by atoms with Crippen LogP contribution in [0, 0.1) is 13.8 Å². The first-order valence-corrected chi connectivity index (χ1v) is 16.1. The average Bonchev–Trinajstić information content (AvgIpc) is 3.40. The zero-order valence-electron chi connectivity index (χ0n) is 25.8. The number of esters is 1. The molecule has 1 aromatic heterocycles. The van der Waals surface area contributed by atoms with Crippen LogP contribution in [-0.2, 0) is 40.0 Å². The Morgan fingerprint density at radius 2 is 1.91 bits per heavy atom. The van der Waals surface area contributed by atoms with E-state index in [1.807, 2.05) is 38.1 Å². The van der Waals surface area contributed by atoms with E-state index >= 15 is 0 Å². The van der Waals surface area contributed by atoms with Gasteiger partial charge in [-0.25, -0.2) is 4.68 Å². The highest BCUT2D eigenvalue weighted by Crippen LogP contribution is 2.39. The average molecular weight is 639 g/mol. The van der Waals surface area contributed by atoms with E-state index in [9.17, 15) is 18.3 Å². The molecular weight excluding hydrogens is 600 g/mol. The lowest BCUT2D eigenvalue weighted by Crippen LogP contribution is -2.37. The van der Waals surface area contributed by atoms with Gasteiger partial charge in [0.1, 0.15) is 28.3 Å². The molecule has 0 aliphatic carbocycles. The molecule has 0 saturated heterocycles. The van der Waals surface area contributed by atoms with E-state index in [1.54, 1.807) is 11.7 Å². The molecular formula is C32H38N4O8S. The summed E-state index contributed by atoms with van der Waals surface area (Å²) < 4.78 is 45.6. The lowest BCUT2D eigenvalue weighted by atomic mass is 9.84. The fraction of sp³-hybridized carbons (Fsp3) is 0.406. The molecule has 0 fully saturated rings. The molecule has 3 aromatic carbocycles. The van der Waals surface area contributed by atoms with E-state index in [0.29, 0.717) is 29.9 Å². The van der Waals surface area contributed by atoms with Gasteiger partial charge < -0.3 is 23.9 Å². The highest BCUT2D eigenvalue weighted by molar-refractivity contribution is 7.84. The van der Waals surface area contributed by atoms with Crippen LogP contribution in [0.2, 0.25) is 0 Å². The molecule has 1 atom stereocenters. The number of aromatic nitrogens is 3. The predicted octanol–water partition coefficient (Wildman–Crippen LogP) is 4.17. The third-order valence-electron chi connectivity index (χ3n) is 8.19. The summed E-state index contributed by atoms with van der Waals surface area (Å²) in [6.07, 6.45) is 2.31. The largest absolute Gasteiger partial charge is 0.508 e. The maximum Gasteiger partial charge on any atom is 0.385 e. The van der Waals surface area contributed by atoms with Gasteiger partial charge in [0, 0.05) is 38.2 Å². The van der Waals surface area contributed by atoms with Gasteiger partial charge in [-0.2, -0.15) is 12.7 Å². The topological polar surface area (TPSA) is 153 Å². The van der Waals surface area contributed by atoms with Gasteiger partial charge in [0.05, 0.1) is 20.1 Å². The van der Waals surface area contributed by atoms with E-state index in [-0.39, 0.29) is 37.6 Å². The summed E-state index contributed by atoms with van der Waals surface area (Å²) in [5.74, 6) is -0.0800. The number of phenolic OH excluding ortho intramolecular Hbond substituents is 1. The Hall–Kier alpha value is -4.20. The minimum Gasteiger partial charge on any atom is -0.508 e. The summed E-state index contributed by atoms with van der Waals surface area (Å²) >= 11 is 0. The number of aliphatic hydroxyl groups is 1. The third-order valence-corrected chi connectivity index (χ3v) is 9.47. The van der Waals surface area contributed by atoms with Crippen LogP contribution in [0.1, 0.15) is 65.0 Å². The molecule has 0 bridgehead atoms. The second-order valence-corrected chi connectivity index (χ2v) is 12.8. The number of aliphatic hydroxyl groups excluding tert-OH is 1. The Balaban J connectivity index is 1.53. The molecule has 45 heavy (non-hydrogen) atoms. The SMILES string of the molecule is COC(=O)CC(c1ccc(C)c(CN2Cc3cc(O)ccc3OS2(=O)=O)c1)c1cc(OCCCCCO)c2c(nnn2C)c1C. The Kier molecular flexibility index (Phi) is 9.61. The maximum atomic E-state index is 13.1.